The molecule has 1 saturated heterocycles. The number of thiophene rings is 1. The number of hydrogen-bond donors (Lipinski definition) is 3. The van der Waals surface area contributed by atoms with Crippen LogP contribution in [0.3, 0.4) is 0 Å². The molecule has 0 saturated carbocycles. The fraction of sp³-hybridized carbons (Fsp3) is 0.312. The van der Waals surface area contributed by atoms with Gasteiger partial charge in [0.1, 0.15) is 4.88 Å². The zero-order chi connectivity index (χ0) is 16.1. The van der Waals surface area contributed by atoms with E-state index in [9.17, 15) is 9.59 Å². The van der Waals surface area contributed by atoms with Gasteiger partial charge in [-0.3, -0.25) is 14.6 Å². The van der Waals surface area contributed by atoms with Crippen molar-refractivity contribution in [2.45, 2.75) is 18.9 Å². The van der Waals surface area contributed by atoms with Crippen LogP contribution < -0.4 is 16.0 Å². The molecular weight excluding hydrogens is 312 g/mol. The van der Waals surface area contributed by atoms with Gasteiger partial charge in [0.2, 0.25) is 0 Å². The Kier molecular flexibility index (Phi) is 4.99. The molecule has 0 unspecified atom stereocenters. The van der Waals surface area contributed by atoms with E-state index in [-0.39, 0.29) is 17.9 Å². The fourth-order valence-electron chi connectivity index (χ4n) is 2.50. The molecule has 0 atom stereocenters. The summed E-state index contributed by atoms with van der Waals surface area (Å²) in [5, 5.41) is 10.9. The van der Waals surface area contributed by atoms with E-state index >= 15 is 0 Å². The first-order valence-corrected chi connectivity index (χ1v) is 8.42. The lowest BCUT2D eigenvalue weighted by molar-refractivity contribution is 0.0934. The third-order valence-corrected chi connectivity index (χ3v) is 4.65. The van der Waals surface area contributed by atoms with Gasteiger partial charge in [-0.1, -0.05) is 0 Å². The summed E-state index contributed by atoms with van der Waals surface area (Å²) in [4.78, 5) is 29.1. The number of aromatic nitrogens is 1. The molecule has 1 aliphatic heterocycles. The van der Waals surface area contributed by atoms with Gasteiger partial charge in [0, 0.05) is 24.0 Å². The lowest BCUT2D eigenvalue weighted by atomic mass is 10.1. The smallest absolute Gasteiger partial charge is 0.263 e. The molecule has 0 aliphatic carbocycles. The molecule has 0 bridgehead atoms. The molecular formula is C16H18N4O2S. The van der Waals surface area contributed by atoms with Crippen molar-refractivity contribution in [1.82, 2.24) is 15.6 Å². The molecule has 3 rings (SSSR count). The molecule has 3 N–H and O–H groups in total. The van der Waals surface area contributed by atoms with Crippen LogP contribution in [0.2, 0.25) is 0 Å². The Morgan fingerprint density at radius 2 is 1.87 bits per heavy atom. The van der Waals surface area contributed by atoms with E-state index in [0.717, 1.165) is 25.9 Å². The van der Waals surface area contributed by atoms with Crippen molar-refractivity contribution in [3.05, 3.63) is 46.4 Å². The van der Waals surface area contributed by atoms with E-state index in [4.69, 9.17) is 0 Å². The predicted octanol–water partition coefficient (Wildman–Crippen LogP) is 1.88. The van der Waals surface area contributed by atoms with Gasteiger partial charge < -0.3 is 16.0 Å². The molecule has 120 valence electrons. The maximum absolute atomic E-state index is 12.4. The van der Waals surface area contributed by atoms with Gasteiger partial charge in [-0.15, -0.1) is 11.3 Å². The molecule has 0 aromatic carbocycles. The summed E-state index contributed by atoms with van der Waals surface area (Å²) in [6.07, 6.45) is 4.98. The summed E-state index contributed by atoms with van der Waals surface area (Å²) < 4.78 is 0. The standard InChI is InChI=1S/C16H18N4O2S/c21-15(11-1-6-17-7-2-11)20-13-5-10-23-14(13)16(22)19-12-3-8-18-9-4-12/h1-2,5-7,10,12,18H,3-4,8-9H2,(H,19,22)(H,20,21). The van der Waals surface area contributed by atoms with Crippen LogP contribution in [0.1, 0.15) is 32.9 Å². The molecule has 2 amide bonds. The number of anilines is 1. The SMILES string of the molecule is O=C(Nc1ccsc1C(=O)NC1CCNCC1)c1ccncc1. The molecule has 3 heterocycles. The normalized spacial score (nSPS) is 15.1. The van der Waals surface area contributed by atoms with Crippen molar-refractivity contribution in [3.63, 3.8) is 0 Å². The lowest BCUT2D eigenvalue weighted by Gasteiger charge is -2.23. The van der Waals surface area contributed by atoms with Crippen LogP contribution in [0.5, 0.6) is 0 Å². The van der Waals surface area contributed by atoms with Gasteiger partial charge in [0.25, 0.3) is 11.8 Å². The average molecular weight is 330 g/mol. The van der Waals surface area contributed by atoms with Gasteiger partial charge in [-0.25, -0.2) is 0 Å². The molecule has 1 fully saturated rings. The van der Waals surface area contributed by atoms with Gasteiger partial charge in [-0.2, -0.15) is 0 Å². The van der Waals surface area contributed by atoms with E-state index in [2.05, 4.69) is 20.9 Å². The number of amides is 2. The minimum atomic E-state index is -0.248. The van der Waals surface area contributed by atoms with Crippen molar-refractivity contribution in [2.75, 3.05) is 18.4 Å². The van der Waals surface area contributed by atoms with Crippen molar-refractivity contribution in [2.24, 2.45) is 0 Å². The molecule has 1 aliphatic rings. The topological polar surface area (TPSA) is 83.1 Å². The van der Waals surface area contributed by atoms with Crippen LogP contribution in [0.15, 0.2) is 36.0 Å². The minimum absolute atomic E-state index is 0.128. The fourth-order valence-corrected chi connectivity index (χ4v) is 3.25. The Labute approximate surface area is 138 Å². The average Bonchev–Trinajstić information content (AvgIpc) is 3.05. The number of carbonyl (C=O) groups is 2. The first kappa shape index (κ1) is 15.6. The highest BCUT2D eigenvalue weighted by molar-refractivity contribution is 7.12. The molecule has 2 aromatic rings. The third-order valence-electron chi connectivity index (χ3n) is 3.74. The van der Waals surface area contributed by atoms with Crippen molar-refractivity contribution in [3.8, 4) is 0 Å². The number of nitrogens with one attached hydrogen (secondary N) is 3. The number of hydrogen-bond acceptors (Lipinski definition) is 5. The Bertz CT molecular complexity index is 680. The largest absolute Gasteiger partial charge is 0.348 e. The highest BCUT2D eigenvalue weighted by Crippen LogP contribution is 2.23. The highest BCUT2D eigenvalue weighted by atomic mass is 32.1. The zero-order valence-electron chi connectivity index (χ0n) is 12.5. The first-order chi connectivity index (χ1) is 11.2. The van der Waals surface area contributed by atoms with Crippen LogP contribution in [0.25, 0.3) is 0 Å². The summed E-state index contributed by atoms with van der Waals surface area (Å²) in [5.74, 6) is -0.376. The van der Waals surface area contributed by atoms with Crippen LogP contribution in [0.4, 0.5) is 5.69 Å². The van der Waals surface area contributed by atoms with E-state index in [1.807, 2.05) is 0 Å². The van der Waals surface area contributed by atoms with Gasteiger partial charge in [0.15, 0.2) is 0 Å². The van der Waals surface area contributed by atoms with Crippen LogP contribution in [0, 0.1) is 0 Å². The molecule has 0 radical (unpaired) electrons. The molecule has 7 heteroatoms. The Morgan fingerprint density at radius 1 is 1.13 bits per heavy atom. The lowest BCUT2D eigenvalue weighted by Crippen LogP contribution is -2.42. The molecule has 23 heavy (non-hydrogen) atoms. The summed E-state index contributed by atoms with van der Waals surface area (Å²) in [7, 11) is 0. The number of pyridine rings is 1. The monoisotopic (exact) mass is 330 g/mol. The van der Waals surface area contributed by atoms with E-state index in [1.165, 1.54) is 11.3 Å². The third kappa shape index (κ3) is 3.94. The molecule has 0 spiro atoms. The number of nitrogens with zero attached hydrogens (tertiary/aromatic N) is 1. The van der Waals surface area contributed by atoms with Crippen LogP contribution >= 0.6 is 11.3 Å². The number of carbonyl (C=O) groups excluding carboxylic acids is 2. The van der Waals surface area contributed by atoms with E-state index in [1.54, 1.807) is 36.0 Å². The van der Waals surface area contributed by atoms with Crippen LogP contribution in [-0.4, -0.2) is 35.9 Å². The number of rotatable bonds is 4. The maximum atomic E-state index is 12.4. The number of piperidine rings is 1. The van der Waals surface area contributed by atoms with E-state index < -0.39 is 0 Å². The Hall–Kier alpha value is -2.25. The zero-order valence-corrected chi connectivity index (χ0v) is 13.4. The van der Waals surface area contributed by atoms with Gasteiger partial charge in [0.05, 0.1) is 5.69 Å². The summed E-state index contributed by atoms with van der Waals surface area (Å²) in [5.41, 5.74) is 1.05. The second kappa shape index (κ2) is 7.34. The molecule has 2 aromatic heterocycles. The van der Waals surface area contributed by atoms with Crippen molar-refractivity contribution >= 4 is 28.8 Å². The second-order valence-corrected chi connectivity index (χ2v) is 6.27. The van der Waals surface area contributed by atoms with Crippen molar-refractivity contribution < 1.29 is 9.59 Å². The van der Waals surface area contributed by atoms with E-state index in [0.29, 0.717) is 16.1 Å². The Balaban J connectivity index is 1.67. The van der Waals surface area contributed by atoms with Gasteiger partial charge in [-0.05, 0) is 49.5 Å². The Morgan fingerprint density at radius 3 is 2.61 bits per heavy atom. The second-order valence-electron chi connectivity index (χ2n) is 5.35. The summed E-state index contributed by atoms with van der Waals surface area (Å²) >= 11 is 1.33. The summed E-state index contributed by atoms with van der Waals surface area (Å²) in [6, 6.07) is 5.21. The maximum Gasteiger partial charge on any atom is 0.263 e. The first-order valence-electron chi connectivity index (χ1n) is 7.54. The van der Waals surface area contributed by atoms with Crippen molar-refractivity contribution in [1.29, 1.82) is 0 Å². The molecule has 6 nitrogen and oxygen atoms in total. The van der Waals surface area contributed by atoms with Gasteiger partial charge >= 0.3 is 0 Å². The van der Waals surface area contributed by atoms with Crippen LogP contribution in [-0.2, 0) is 0 Å². The minimum Gasteiger partial charge on any atom is -0.348 e. The quantitative estimate of drug-likeness (QED) is 0.799. The highest BCUT2D eigenvalue weighted by Gasteiger charge is 2.20. The predicted molar refractivity (Wildman–Crippen MR) is 89.9 cm³/mol. The summed E-state index contributed by atoms with van der Waals surface area (Å²) in [6.45, 7) is 1.84.